The fourth-order valence-electron chi connectivity index (χ4n) is 2.98. The SMILES string of the molecule is CC(C)(C)OCC(=O)Cc1ccc(N2CCN(C(=O)COC(C)(C)C)CC2)cc1. The number of carbonyl (C=O) groups is 2. The number of Topliss-reactive ketones (excluding diaryl/α,β-unsaturated/α-hetero) is 1. The molecule has 1 aliphatic heterocycles. The molecule has 1 fully saturated rings. The summed E-state index contributed by atoms with van der Waals surface area (Å²) in [4.78, 5) is 28.5. The molecule has 0 bridgehead atoms. The fraction of sp³-hybridized carbons (Fsp3) is 0.652. The highest BCUT2D eigenvalue weighted by atomic mass is 16.5. The molecule has 0 radical (unpaired) electrons. The first-order valence-electron chi connectivity index (χ1n) is 10.3. The topological polar surface area (TPSA) is 59.1 Å². The standard InChI is InChI=1S/C23H36N2O4/c1-22(2,3)28-16-20(26)15-18-7-9-19(10-8-18)24-11-13-25(14-12-24)21(27)17-29-23(4,5)6/h7-10H,11-17H2,1-6H3. The van der Waals surface area contributed by atoms with Gasteiger partial charge < -0.3 is 19.3 Å². The van der Waals surface area contributed by atoms with Crippen LogP contribution in [-0.2, 0) is 25.5 Å². The van der Waals surface area contributed by atoms with Gasteiger partial charge in [-0.15, -0.1) is 0 Å². The van der Waals surface area contributed by atoms with E-state index in [4.69, 9.17) is 9.47 Å². The van der Waals surface area contributed by atoms with E-state index < -0.39 is 0 Å². The van der Waals surface area contributed by atoms with Gasteiger partial charge in [0.1, 0.15) is 13.2 Å². The summed E-state index contributed by atoms with van der Waals surface area (Å²) in [6, 6.07) is 8.10. The second-order valence-electron chi connectivity index (χ2n) is 9.55. The van der Waals surface area contributed by atoms with Crippen LogP contribution in [0.15, 0.2) is 24.3 Å². The minimum atomic E-state index is -0.306. The highest BCUT2D eigenvalue weighted by Crippen LogP contribution is 2.18. The Morgan fingerprint density at radius 2 is 1.34 bits per heavy atom. The van der Waals surface area contributed by atoms with Crippen molar-refractivity contribution in [3.63, 3.8) is 0 Å². The number of benzene rings is 1. The van der Waals surface area contributed by atoms with Crippen LogP contribution < -0.4 is 4.90 Å². The minimum Gasteiger partial charge on any atom is -0.368 e. The molecule has 1 aliphatic rings. The Bertz CT molecular complexity index is 678. The van der Waals surface area contributed by atoms with E-state index >= 15 is 0 Å². The van der Waals surface area contributed by atoms with Crippen LogP contribution >= 0.6 is 0 Å². The number of hydrogen-bond donors (Lipinski definition) is 0. The van der Waals surface area contributed by atoms with E-state index in [2.05, 4.69) is 4.90 Å². The summed E-state index contributed by atoms with van der Waals surface area (Å²) in [5, 5.41) is 0. The van der Waals surface area contributed by atoms with Crippen LogP contribution in [0.5, 0.6) is 0 Å². The van der Waals surface area contributed by atoms with Crippen molar-refractivity contribution >= 4 is 17.4 Å². The Morgan fingerprint density at radius 1 is 0.828 bits per heavy atom. The first-order valence-corrected chi connectivity index (χ1v) is 10.3. The van der Waals surface area contributed by atoms with Gasteiger partial charge in [-0.1, -0.05) is 12.1 Å². The summed E-state index contributed by atoms with van der Waals surface area (Å²) in [5.41, 5.74) is 1.50. The van der Waals surface area contributed by atoms with Crippen molar-refractivity contribution in [2.45, 2.75) is 59.2 Å². The van der Waals surface area contributed by atoms with Gasteiger partial charge in [-0.25, -0.2) is 0 Å². The number of rotatable bonds is 7. The number of hydrogen-bond acceptors (Lipinski definition) is 5. The molecule has 162 valence electrons. The van der Waals surface area contributed by atoms with E-state index in [1.54, 1.807) is 0 Å². The monoisotopic (exact) mass is 404 g/mol. The summed E-state index contributed by atoms with van der Waals surface area (Å²) in [5.74, 6) is 0.128. The Hall–Kier alpha value is -1.92. The number of carbonyl (C=O) groups excluding carboxylic acids is 2. The minimum absolute atomic E-state index is 0.0471. The highest BCUT2D eigenvalue weighted by Gasteiger charge is 2.23. The number of piperazine rings is 1. The maximum Gasteiger partial charge on any atom is 0.248 e. The summed E-state index contributed by atoms with van der Waals surface area (Å²) < 4.78 is 11.1. The van der Waals surface area contributed by atoms with Crippen LogP contribution in [0, 0.1) is 0 Å². The molecular weight excluding hydrogens is 368 g/mol. The van der Waals surface area contributed by atoms with E-state index in [0.717, 1.165) is 24.3 Å². The lowest BCUT2D eigenvalue weighted by Crippen LogP contribution is -2.50. The third-order valence-electron chi connectivity index (χ3n) is 4.63. The van der Waals surface area contributed by atoms with Crippen LogP contribution in [0.25, 0.3) is 0 Å². The molecule has 0 aromatic heterocycles. The van der Waals surface area contributed by atoms with Gasteiger partial charge in [-0.2, -0.15) is 0 Å². The molecule has 6 heteroatoms. The molecule has 0 spiro atoms. The lowest BCUT2D eigenvalue weighted by Gasteiger charge is -2.36. The summed E-state index contributed by atoms with van der Waals surface area (Å²) in [6.07, 6.45) is 0.381. The molecule has 1 amide bonds. The van der Waals surface area contributed by atoms with Gasteiger partial charge >= 0.3 is 0 Å². The Morgan fingerprint density at radius 3 is 1.86 bits per heavy atom. The summed E-state index contributed by atoms with van der Waals surface area (Å²) in [7, 11) is 0. The Balaban J connectivity index is 1.80. The number of ketones is 1. The van der Waals surface area contributed by atoms with Crippen LogP contribution in [0.3, 0.4) is 0 Å². The molecule has 2 rings (SSSR count). The van der Waals surface area contributed by atoms with Crippen molar-refractivity contribution in [3.05, 3.63) is 29.8 Å². The molecule has 29 heavy (non-hydrogen) atoms. The van der Waals surface area contributed by atoms with Gasteiger partial charge in [0.2, 0.25) is 5.91 Å². The normalized spacial score (nSPS) is 15.5. The predicted molar refractivity (Wildman–Crippen MR) is 115 cm³/mol. The van der Waals surface area contributed by atoms with Crippen LogP contribution in [0.4, 0.5) is 5.69 Å². The molecule has 0 unspecified atom stereocenters. The van der Waals surface area contributed by atoms with E-state index in [1.807, 2.05) is 70.7 Å². The van der Waals surface area contributed by atoms with Crippen molar-refractivity contribution in [1.82, 2.24) is 4.90 Å². The van der Waals surface area contributed by atoms with Crippen molar-refractivity contribution < 1.29 is 19.1 Å². The predicted octanol–water partition coefficient (Wildman–Crippen LogP) is 3.08. The summed E-state index contributed by atoms with van der Waals surface area (Å²) >= 11 is 0. The molecule has 1 aromatic rings. The largest absolute Gasteiger partial charge is 0.368 e. The molecule has 1 heterocycles. The Labute approximate surface area is 175 Å². The molecule has 1 aromatic carbocycles. The number of anilines is 1. The first-order chi connectivity index (χ1) is 13.4. The van der Waals surface area contributed by atoms with E-state index in [0.29, 0.717) is 19.5 Å². The Kier molecular flexibility index (Phi) is 7.83. The van der Waals surface area contributed by atoms with Crippen molar-refractivity contribution in [2.24, 2.45) is 0 Å². The zero-order chi connectivity index (χ0) is 21.7. The van der Waals surface area contributed by atoms with Crippen molar-refractivity contribution in [2.75, 3.05) is 44.3 Å². The number of ether oxygens (including phenoxy) is 2. The van der Waals surface area contributed by atoms with E-state index in [9.17, 15) is 9.59 Å². The lowest BCUT2D eigenvalue weighted by atomic mass is 10.1. The van der Waals surface area contributed by atoms with Crippen molar-refractivity contribution in [3.8, 4) is 0 Å². The molecule has 0 saturated carbocycles. The third kappa shape index (κ3) is 8.54. The maximum atomic E-state index is 12.3. The fourth-order valence-corrected chi connectivity index (χ4v) is 2.98. The first kappa shape index (κ1) is 23.4. The van der Waals surface area contributed by atoms with Gasteiger partial charge in [0, 0.05) is 38.3 Å². The zero-order valence-electron chi connectivity index (χ0n) is 18.8. The number of nitrogens with zero attached hydrogens (tertiary/aromatic N) is 2. The third-order valence-corrected chi connectivity index (χ3v) is 4.63. The highest BCUT2D eigenvalue weighted by molar-refractivity contribution is 5.82. The lowest BCUT2D eigenvalue weighted by molar-refractivity contribution is -0.141. The molecule has 0 N–H and O–H groups in total. The quantitative estimate of drug-likeness (QED) is 0.699. The van der Waals surface area contributed by atoms with Crippen LogP contribution in [-0.4, -0.2) is 67.2 Å². The van der Waals surface area contributed by atoms with E-state index in [-0.39, 0.29) is 36.1 Å². The van der Waals surface area contributed by atoms with Gasteiger partial charge in [0.25, 0.3) is 0 Å². The zero-order valence-corrected chi connectivity index (χ0v) is 18.8. The molecule has 6 nitrogen and oxygen atoms in total. The number of amides is 1. The second-order valence-corrected chi connectivity index (χ2v) is 9.55. The molecule has 0 aliphatic carbocycles. The average Bonchev–Trinajstić information content (AvgIpc) is 2.64. The average molecular weight is 405 g/mol. The molecular formula is C23H36N2O4. The van der Waals surface area contributed by atoms with Gasteiger partial charge in [-0.05, 0) is 59.2 Å². The van der Waals surface area contributed by atoms with Gasteiger partial charge in [-0.3, -0.25) is 9.59 Å². The molecule has 0 atom stereocenters. The second kappa shape index (κ2) is 9.72. The summed E-state index contributed by atoms with van der Waals surface area (Å²) in [6.45, 7) is 14.9. The van der Waals surface area contributed by atoms with Gasteiger partial charge in [0.05, 0.1) is 11.2 Å². The van der Waals surface area contributed by atoms with Gasteiger partial charge in [0.15, 0.2) is 5.78 Å². The van der Waals surface area contributed by atoms with Crippen molar-refractivity contribution in [1.29, 1.82) is 0 Å². The smallest absolute Gasteiger partial charge is 0.248 e. The van der Waals surface area contributed by atoms with Crippen LogP contribution in [0.1, 0.15) is 47.1 Å². The molecule has 1 saturated heterocycles. The van der Waals surface area contributed by atoms with Crippen LogP contribution in [0.2, 0.25) is 0 Å². The van der Waals surface area contributed by atoms with E-state index in [1.165, 1.54) is 0 Å². The maximum absolute atomic E-state index is 12.3.